The standard InChI is InChI=1S/C21H23N3O3/c22-21(27)16-10-12-24(13-11-16)14-19(25)23-18-9-5-4-8-17(18)20(26)15-6-2-1-3-7-15/h1-9,16H,10-14H2,(H2,22,27)(H,23,25). The fourth-order valence-corrected chi connectivity index (χ4v) is 3.30. The van der Waals surface area contributed by atoms with E-state index in [0.29, 0.717) is 42.7 Å². The van der Waals surface area contributed by atoms with Gasteiger partial charge in [-0.1, -0.05) is 42.5 Å². The fraction of sp³-hybridized carbons (Fsp3) is 0.286. The van der Waals surface area contributed by atoms with Crippen LogP contribution < -0.4 is 11.1 Å². The molecule has 3 rings (SSSR count). The van der Waals surface area contributed by atoms with Gasteiger partial charge in [0.15, 0.2) is 5.78 Å². The highest BCUT2D eigenvalue weighted by atomic mass is 16.2. The number of nitrogens with two attached hydrogens (primary N) is 1. The molecule has 0 saturated carbocycles. The molecule has 0 atom stereocenters. The molecular formula is C21H23N3O3. The van der Waals surface area contributed by atoms with Gasteiger partial charge in [-0.15, -0.1) is 0 Å². The van der Waals surface area contributed by atoms with Crippen molar-refractivity contribution in [1.29, 1.82) is 0 Å². The van der Waals surface area contributed by atoms with Crippen LogP contribution in [0.2, 0.25) is 0 Å². The molecule has 1 aliphatic heterocycles. The lowest BCUT2D eigenvalue weighted by atomic mass is 9.96. The minimum absolute atomic E-state index is 0.103. The van der Waals surface area contributed by atoms with Crippen molar-refractivity contribution in [1.82, 2.24) is 4.90 Å². The van der Waals surface area contributed by atoms with Gasteiger partial charge in [-0.3, -0.25) is 19.3 Å². The lowest BCUT2D eigenvalue weighted by Crippen LogP contribution is -2.42. The Balaban J connectivity index is 1.64. The summed E-state index contributed by atoms with van der Waals surface area (Å²) in [5, 5.41) is 2.85. The summed E-state index contributed by atoms with van der Waals surface area (Å²) in [6, 6.07) is 16.0. The molecule has 0 bridgehead atoms. The van der Waals surface area contributed by atoms with E-state index in [1.165, 1.54) is 0 Å². The van der Waals surface area contributed by atoms with Gasteiger partial charge in [0, 0.05) is 17.0 Å². The van der Waals surface area contributed by atoms with E-state index >= 15 is 0 Å². The second kappa shape index (κ2) is 8.60. The zero-order valence-corrected chi connectivity index (χ0v) is 15.1. The maximum Gasteiger partial charge on any atom is 0.238 e. The number of anilines is 1. The third-order valence-electron chi connectivity index (χ3n) is 4.84. The third-order valence-corrected chi connectivity index (χ3v) is 4.84. The van der Waals surface area contributed by atoms with E-state index in [1.807, 2.05) is 23.1 Å². The summed E-state index contributed by atoms with van der Waals surface area (Å²) in [7, 11) is 0. The van der Waals surface area contributed by atoms with Gasteiger partial charge in [0.25, 0.3) is 0 Å². The molecule has 2 aromatic rings. The predicted octanol–water partition coefficient (Wildman–Crippen LogP) is 2.05. The number of piperidine rings is 1. The second-order valence-corrected chi connectivity index (χ2v) is 6.74. The normalized spacial score (nSPS) is 15.3. The van der Waals surface area contributed by atoms with E-state index < -0.39 is 0 Å². The average molecular weight is 365 g/mol. The molecule has 0 radical (unpaired) electrons. The number of ketones is 1. The van der Waals surface area contributed by atoms with Gasteiger partial charge in [0.05, 0.1) is 12.2 Å². The Morgan fingerprint density at radius 1 is 0.963 bits per heavy atom. The average Bonchev–Trinajstić information content (AvgIpc) is 2.69. The Morgan fingerprint density at radius 2 is 1.59 bits per heavy atom. The lowest BCUT2D eigenvalue weighted by molar-refractivity contribution is -0.123. The van der Waals surface area contributed by atoms with Crippen LogP contribution in [0, 0.1) is 5.92 Å². The summed E-state index contributed by atoms with van der Waals surface area (Å²) < 4.78 is 0. The van der Waals surface area contributed by atoms with Crippen molar-refractivity contribution in [2.75, 3.05) is 25.0 Å². The molecule has 0 spiro atoms. The minimum Gasteiger partial charge on any atom is -0.369 e. The third kappa shape index (κ3) is 4.80. The van der Waals surface area contributed by atoms with Crippen LogP contribution in [0.4, 0.5) is 5.69 Å². The fourth-order valence-electron chi connectivity index (χ4n) is 3.30. The molecule has 1 fully saturated rings. The van der Waals surface area contributed by atoms with Crippen molar-refractivity contribution >= 4 is 23.3 Å². The SMILES string of the molecule is NC(=O)C1CCN(CC(=O)Nc2ccccc2C(=O)c2ccccc2)CC1. The highest BCUT2D eigenvalue weighted by Gasteiger charge is 2.24. The number of para-hydroxylation sites is 1. The van der Waals surface area contributed by atoms with E-state index in [0.717, 1.165) is 0 Å². The van der Waals surface area contributed by atoms with Crippen LogP contribution in [0.3, 0.4) is 0 Å². The van der Waals surface area contributed by atoms with E-state index in [1.54, 1.807) is 36.4 Å². The molecule has 2 aromatic carbocycles. The minimum atomic E-state index is -0.271. The van der Waals surface area contributed by atoms with Gasteiger partial charge < -0.3 is 11.1 Å². The molecule has 6 nitrogen and oxygen atoms in total. The van der Waals surface area contributed by atoms with Crippen molar-refractivity contribution in [2.45, 2.75) is 12.8 Å². The molecule has 0 unspecified atom stereocenters. The number of carbonyl (C=O) groups is 3. The Labute approximate surface area is 158 Å². The highest BCUT2D eigenvalue weighted by molar-refractivity contribution is 6.13. The van der Waals surface area contributed by atoms with Gasteiger partial charge in [-0.25, -0.2) is 0 Å². The number of hydrogen-bond acceptors (Lipinski definition) is 4. The molecule has 140 valence electrons. The number of nitrogens with zero attached hydrogens (tertiary/aromatic N) is 1. The zero-order valence-electron chi connectivity index (χ0n) is 15.1. The molecule has 1 heterocycles. The smallest absolute Gasteiger partial charge is 0.238 e. The number of likely N-dealkylation sites (tertiary alicyclic amines) is 1. The monoisotopic (exact) mass is 365 g/mol. The van der Waals surface area contributed by atoms with Crippen molar-refractivity contribution < 1.29 is 14.4 Å². The Kier molecular flexibility index (Phi) is 5.98. The van der Waals surface area contributed by atoms with Crippen LogP contribution in [0.1, 0.15) is 28.8 Å². The quantitative estimate of drug-likeness (QED) is 0.767. The van der Waals surface area contributed by atoms with Crippen molar-refractivity contribution in [3.05, 3.63) is 65.7 Å². The molecule has 0 aliphatic carbocycles. The van der Waals surface area contributed by atoms with E-state index in [9.17, 15) is 14.4 Å². The summed E-state index contributed by atoms with van der Waals surface area (Å²) in [5.74, 6) is -0.685. The van der Waals surface area contributed by atoms with Crippen LogP contribution in [0.15, 0.2) is 54.6 Å². The molecule has 2 amide bonds. The summed E-state index contributed by atoms with van der Waals surface area (Å²) in [6.07, 6.45) is 1.34. The van der Waals surface area contributed by atoms with Gasteiger partial charge in [0.1, 0.15) is 0 Å². The number of benzene rings is 2. The van der Waals surface area contributed by atoms with Gasteiger partial charge >= 0.3 is 0 Å². The Morgan fingerprint density at radius 3 is 2.26 bits per heavy atom. The molecule has 0 aromatic heterocycles. The maximum absolute atomic E-state index is 12.7. The Bertz CT molecular complexity index is 828. The summed E-state index contributed by atoms with van der Waals surface area (Å²) in [6.45, 7) is 1.54. The summed E-state index contributed by atoms with van der Waals surface area (Å²) in [4.78, 5) is 38.4. The number of primary amides is 1. The van der Waals surface area contributed by atoms with Crippen LogP contribution >= 0.6 is 0 Å². The Hall–Kier alpha value is -2.99. The van der Waals surface area contributed by atoms with Gasteiger partial charge in [-0.2, -0.15) is 0 Å². The lowest BCUT2D eigenvalue weighted by Gasteiger charge is -2.29. The largest absolute Gasteiger partial charge is 0.369 e. The number of carbonyl (C=O) groups excluding carboxylic acids is 3. The highest BCUT2D eigenvalue weighted by Crippen LogP contribution is 2.20. The first-order valence-corrected chi connectivity index (χ1v) is 9.05. The van der Waals surface area contributed by atoms with E-state index in [-0.39, 0.29) is 30.1 Å². The van der Waals surface area contributed by atoms with Crippen LogP contribution in [-0.4, -0.2) is 42.1 Å². The predicted molar refractivity (Wildman–Crippen MR) is 103 cm³/mol. The van der Waals surface area contributed by atoms with Crippen LogP contribution in [0.25, 0.3) is 0 Å². The second-order valence-electron chi connectivity index (χ2n) is 6.74. The van der Waals surface area contributed by atoms with E-state index in [2.05, 4.69) is 5.32 Å². The molecule has 3 N–H and O–H groups in total. The summed E-state index contributed by atoms with van der Waals surface area (Å²) >= 11 is 0. The van der Waals surface area contributed by atoms with Crippen molar-refractivity contribution in [2.24, 2.45) is 11.7 Å². The first-order valence-electron chi connectivity index (χ1n) is 9.05. The maximum atomic E-state index is 12.7. The van der Waals surface area contributed by atoms with Crippen LogP contribution in [0.5, 0.6) is 0 Å². The van der Waals surface area contributed by atoms with Crippen LogP contribution in [-0.2, 0) is 9.59 Å². The van der Waals surface area contributed by atoms with Gasteiger partial charge in [0.2, 0.25) is 11.8 Å². The molecular weight excluding hydrogens is 342 g/mol. The molecule has 1 aliphatic rings. The summed E-state index contributed by atoms with van der Waals surface area (Å²) in [5.41, 5.74) is 6.88. The topological polar surface area (TPSA) is 92.5 Å². The number of rotatable bonds is 6. The first kappa shape index (κ1) is 18.8. The van der Waals surface area contributed by atoms with Gasteiger partial charge in [-0.05, 0) is 38.1 Å². The van der Waals surface area contributed by atoms with Crippen molar-refractivity contribution in [3.63, 3.8) is 0 Å². The molecule has 1 saturated heterocycles. The first-order chi connectivity index (χ1) is 13.0. The zero-order chi connectivity index (χ0) is 19.2. The number of amides is 2. The van der Waals surface area contributed by atoms with E-state index in [4.69, 9.17) is 5.73 Å². The number of nitrogens with one attached hydrogen (secondary N) is 1. The van der Waals surface area contributed by atoms with Crippen molar-refractivity contribution in [3.8, 4) is 0 Å². The molecule has 27 heavy (non-hydrogen) atoms. The number of hydrogen-bond donors (Lipinski definition) is 2. The molecule has 6 heteroatoms.